The fraction of sp³-hybridized carbons (Fsp3) is 0.182. The minimum absolute atomic E-state index is 0.197. The minimum Gasteiger partial charge on any atom is -0.507 e. The first-order valence-corrected chi connectivity index (χ1v) is 4.29. The molecule has 0 saturated heterocycles. The molecule has 3 heteroatoms. The first-order chi connectivity index (χ1) is 6.52. The molecule has 1 rings (SSSR count). The normalized spacial score (nSPS) is 10.7. The van der Waals surface area contributed by atoms with E-state index in [9.17, 15) is 9.90 Å². The van der Waals surface area contributed by atoms with E-state index in [0.29, 0.717) is 5.56 Å². The van der Waals surface area contributed by atoms with Crippen molar-refractivity contribution in [2.75, 3.05) is 0 Å². The summed E-state index contributed by atoms with van der Waals surface area (Å²) >= 11 is 0. The van der Waals surface area contributed by atoms with Gasteiger partial charge in [0, 0.05) is 11.6 Å². The average molecular weight is 191 g/mol. The Morgan fingerprint density at radius 3 is 2.64 bits per heavy atom. The molecule has 1 aromatic carbocycles. The highest BCUT2D eigenvalue weighted by atomic mass is 16.3. The van der Waals surface area contributed by atoms with Gasteiger partial charge >= 0.3 is 0 Å². The minimum atomic E-state index is -0.525. The van der Waals surface area contributed by atoms with Gasteiger partial charge in [0.05, 0.1) is 0 Å². The van der Waals surface area contributed by atoms with Crippen molar-refractivity contribution in [2.24, 2.45) is 5.73 Å². The summed E-state index contributed by atoms with van der Waals surface area (Å²) in [4.78, 5) is 10.5. The van der Waals surface area contributed by atoms with Crippen LogP contribution >= 0.6 is 0 Å². The lowest BCUT2D eigenvalue weighted by Gasteiger charge is -2.05. The third-order valence-electron chi connectivity index (χ3n) is 2.16. The zero-order valence-corrected chi connectivity index (χ0v) is 8.24. The SMILES string of the molecule is Cc1ccc(/C=C/C(N)=O)c(O)c1C. The van der Waals surface area contributed by atoms with Gasteiger partial charge in [0.25, 0.3) is 0 Å². The summed E-state index contributed by atoms with van der Waals surface area (Å²) in [6.07, 6.45) is 2.73. The summed E-state index contributed by atoms with van der Waals surface area (Å²) in [5.41, 5.74) is 7.38. The number of amides is 1. The van der Waals surface area contributed by atoms with Crippen LogP contribution in [0.4, 0.5) is 0 Å². The first kappa shape index (κ1) is 10.3. The van der Waals surface area contributed by atoms with E-state index in [1.54, 1.807) is 6.07 Å². The van der Waals surface area contributed by atoms with Crippen LogP contribution in [0.1, 0.15) is 16.7 Å². The quantitative estimate of drug-likeness (QED) is 0.696. The molecule has 0 aliphatic heterocycles. The Balaban J connectivity index is 3.12. The Morgan fingerprint density at radius 2 is 2.07 bits per heavy atom. The standard InChI is InChI=1S/C11H13NO2/c1-7-3-4-9(5-6-10(12)13)11(14)8(7)2/h3-6,14H,1-2H3,(H2,12,13)/b6-5+. The molecule has 0 radical (unpaired) electrons. The molecule has 0 aromatic heterocycles. The number of primary amides is 1. The number of phenolic OH excluding ortho intramolecular Hbond substituents is 1. The van der Waals surface area contributed by atoms with Crippen LogP contribution in [0.3, 0.4) is 0 Å². The molecule has 0 unspecified atom stereocenters. The van der Waals surface area contributed by atoms with E-state index in [4.69, 9.17) is 5.73 Å². The summed E-state index contributed by atoms with van der Waals surface area (Å²) in [5.74, 6) is -0.329. The molecule has 1 amide bonds. The highest BCUT2D eigenvalue weighted by Gasteiger charge is 2.03. The largest absolute Gasteiger partial charge is 0.507 e. The van der Waals surface area contributed by atoms with Crippen molar-refractivity contribution in [3.05, 3.63) is 34.9 Å². The first-order valence-electron chi connectivity index (χ1n) is 4.29. The van der Waals surface area contributed by atoms with Crippen LogP contribution in [-0.4, -0.2) is 11.0 Å². The van der Waals surface area contributed by atoms with Gasteiger partial charge in [0.15, 0.2) is 0 Å². The molecule has 3 N–H and O–H groups in total. The van der Waals surface area contributed by atoms with Crippen molar-refractivity contribution in [1.82, 2.24) is 0 Å². The second kappa shape index (κ2) is 3.96. The molecular formula is C11H13NO2. The fourth-order valence-corrected chi connectivity index (χ4v) is 1.13. The predicted molar refractivity (Wildman–Crippen MR) is 55.8 cm³/mol. The van der Waals surface area contributed by atoms with Gasteiger partial charge in [0.1, 0.15) is 5.75 Å². The summed E-state index contributed by atoms with van der Waals surface area (Å²) < 4.78 is 0. The lowest BCUT2D eigenvalue weighted by atomic mass is 10.0. The van der Waals surface area contributed by atoms with Crippen molar-refractivity contribution in [3.8, 4) is 5.75 Å². The number of hydrogen-bond acceptors (Lipinski definition) is 2. The smallest absolute Gasteiger partial charge is 0.241 e. The molecule has 0 atom stereocenters. The van der Waals surface area contributed by atoms with Crippen molar-refractivity contribution < 1.29 is 9.90 Å². The molecule has 0 aliphatic rings. The maximum atomic E-state index is 10.5. The number of aromatic hydroxyl groups is 1. The molecule has 14 heavy (non-hydrogen) atoms. The molecule has 0 aliphatic carbocycles. The molecule has 1 aromatic rings. The van der Waals surface area contributed by atoms with Crippen LogP contribution in [-0.2, 0) is 4.79 Å². The molecule has 74 valence electrons. The van der Waals surface area contributed by atoms with Crippen molar-refractivity contribution in [3.63, 3.8) is 0 Å². The van der Waals surface area contributed by atoms with E-state index >= 15 is 0 Å². The van der Waals surface area contributed by atoms with Crippen LogP contribution in [0.5, 0.6) is 5.75 Å². The predicted octanol–water partition coefficient (Wildman–Crippen LogP) is 1.51. The third-order valence-corrected chi connectivity index (χ3v) is 2.16. The van der Waals surface area contributed by atoms with Crippen LogP contribution in [0.25, 0.3) is 6.08 Å². The van der Waals surface area contributed by atoms with E-state index in [2.05, 4.69) is 0 Å². The van der Waals surface area contributed by atoms with E-state index in [1.807, 2.05) is 19.9 Å². The Morgan fingerprint density at radius 1 is 1.43 bits per heavy atom. The molecule has 0 heterocycles. The maximum Gasteiger partial charge on any atom is 0.241 e. The number of aryl methyl sites for hydroxylation is 1. The highest BCUT2D eigenvalue weighted by molar-refractivity contribution is 5.90. The highest BCUT2D eigenvalue weighted by Crippen LogP contribution is 2.25. The summed E-state index contributed by atoms with van der Waals surface area (Å²) in [7, 11) is 0. The lowest BCUT2D eigenvalue weighted by molar-refractivity contribution is -0.113. The molecular weight excluding hydrogens is 178 g/mol. The Labute approximate surface area is 82.9 Å². The van der Waals surface area contributed by atoms with E-state index in [1.165, 1.54) is 12.2 Å². The molecule has 0 spiro atoms. The van der Waals surface area contributed by atoms with Crippen molar-refractivity contribution >= 4 is 12.0 Å². The number of phenols is 1. The molecule has 0 saturated carbocycles. The Kier molecular flexibility index (Phi) is 2.92. The zero-order valence-electron chi connectivity index (χ0n) is 8.24. The molecule has 0 bridgehead atoms. The van der Waals surface area contributed by atoms with Crippen molar-refractivity contribution in [2.45, 2.75) is 13.8 Å². The van der Waals surface area contributed by atoms with Crippen LogP contribution in [0.15, 0.2) is 18.2 Å². The maximum absolute atomic E-state index is 10.5. The number of rotatable bonds is 2. The number of carbonyl (C=O) groups excluding carboxylic acids is 1. The van der Waals surface area contributed by atoms with Crippen molar-refractivity contribution in [1.29, 1.82) is 0 Å². The van der Waals surface area contributed by atoms with Gasteiger partial charge in [-0.1, -0.05) is 12.1 Å². The van der Waals surface area contributed by atoms with Crippen LogP contribution in [0, 0.1) is 13.8 Å². The second-order valence-electron chi connectivity index (χ2n) is 3.18. The van der Waals surface area contributed by atoms with Crippen LogP contribution < -0.4 is 5.73 Å². The van der Waals surface area contributed by atoms with Gasteiger partial charge in [0.2, 0.25) is 5.91 Å². The van der Waals surface area contributed by atoms with Gasteiger partial charge in [-0.2, -0.15) is 0 Å². The molecule has 3 nitrogen and oxygen atoms in total. The van der Waals surface area contributed by atoms with Gasteiger partial charge < -0.3 is 10.8 Å². The third kappa shape index (κ3) is 2.13. The topological polar surface area (TPSA) is 63.3 Å². The van der Waals surface area contributed by atoms with Gasteiger partial charge in [-0.25, -0.2) is 0 Å². The average Bonchev–Trinajstić information content (AvgIpc) is 2.13. The number of hydrogen-bond donors (Lipinski definition) is 2. The van der Waals surface area contributed by atoms with E-state index < -0.39 is 5.91 Å². The van der Waals surface area contributed by atoms with Gasteiger partial charge in [-0.15, -0.1) is 0 Å². The van der Waals surface area contributed by atoms with Gasteiger partial charge in [-0.3, -0.25) is 4.79 Å². The number of carbonyl (C=O) groups is 1. The Bertz CT molecular complexity index is 395. The summed E-state index contributed by atoms with van der Waals surface area (Å²) in [6, 6.07) is 3.63. The Hall–Kier alpha value is -1.77. The molecule has 0 fully saturated rings. The summed E-state index contributed by atoms with van der Waals surface area (Å²) in [6.45, 7) is 3.74. The lowest BCUT2D eigenvalue weighted by Crippen LogP contribution is -2.05. The van der Waals surface area contributed by atoms with E-state index in [-0.39, 0.29) is 5.75 Å². The monoisotopic (exact) mass is 191 g/mol. The number of benzene rings is 1. The second-order valence-corrected chi connectivity index (χ2v) is 3.18. The van der Waals surface area contributed by atoms with Crippen LogP contribution in [0.2, 0.25) is 0 Å². The summed E-state index contributed by atoms with van der Waals surface area (Å²) in [5, 5.41) is 9.69. The zero-order chi connectivity index (χ0) is 10.7. The van der Waals surface area contributed by atoms with Gasteiger partial charge in [-0.05, 0) is 31.1 Å². The number of nitrogens with two attached hydrogens (primary N) is 1. The van der Waals surface area contributed by atoms with E-state index in [0.717, 1.165) is 11.1 Å². The fourth-order valence-electron chi connectivity index (χ4n) is 1.13.